The highest BCUT2D eigenvalue weighted by atomic mass is 16.1. The van der Waals surface area contributed by atoms with E-state index in [4.69, 9.17) is 0 Å². The summed E-state index contributed by atoms with van der Waals surface area (Å²) in [6.45, 7) is 3.87. The summed E-state index contributed by atoms with van der Waals surface area (Å²) in [4.78, 5) is 22.6. The SMILES string of the molecule is CC1C(=O)C(C)C2C=CC1C2C=O. The molecule has 1 saturated carbocycles. The zero-order valence-electron chi connectivity index (χ0n) is 7.94. The smallest absolute Gasteiger partial charge is 0.139 e. The number of ketones is 1. The van der Waals surface area contributed by atoms with Crippen LogP contribution in [0.2, 0.25) is 0 Å². The second kappa shape index (κ2) is 2.79. The van der Waals surface area contributed by atoms with Gasteiger partial charge in [-0.15, -0.1) is 0 Å². The molecular weight excluding hydrogens is 164 g/mol. The molecule has 1 fully saturated rings. The van der Waals surface area contributed by atoms with Gasteiger partial charge in [0.1, 0.15) is 12.1 Å². The first-order valence-corrected chi connectivity index (χ1v) is 4.84. The van der Waals surface area contributed by atoms with Gasteiger partial charge in [0, 0.05) is 17.8 Å². The number of Topliss-reactive ketones (excluding diaryl/α,β-unsaturated/α-hetero) is 1. The predicted octanol–water partition coefficient (Wildman–Crippen LogP) is 1.46. The van der Waals surface area contributed by atoms with Crippen LogP contribution in [0.4, 0.5) is 0 Å². The number of carbonyl (C=O) groups excluding carboxylic acids is 2. The van der Waals surface area contributed by atoms with E-state index >= 15 is 0 Å². The zero-order valence-corrected chi connectivity index (χ0v) is 7.94. The average Bonchev–Trinajstić information content (AvgIpc) is 2.52. The minimum atomic E-state index is 0.0280. The first-order valence-electron chi connectivity index (χ1n) is 4.84. The maximum atomic E-state index is 11.7. The summed E-state index contributed by atoms with van der Waals surface area (Å²) in [6.07, 6.45) is 5.13. The van der Waals surface area contributed by atoms with Crippen LogP contribution in [0.25, 0.3) is 0 Å². The van der Waals surface area contributed by atoms with E-state index < -0.39 is 0 Å². The fourth-order valence-corrected chi connectivity index (χ4v) is 2.75. The van der Waals surface area contributed by atoms with Gasteiger partial charge in [0.2, 0.25) is 0 Å². The molecule has 0 heterocycles. The molecule has 2 nitrogen and oxygen atoms in total. The normalized spacial score (nSPS) is 48.2. The summed E-state index contributed by atoms with van der Waals surface area (Å²) in [6, 6.07) is 0. The third-order valence-corrected chi connectivity index (χ3v) is 3.65. The molecule has 0 radical (unpaired) electrons. The van der Waals surface area contributed by atoms with Crippen LogP contribution in [0.15, 0.2) is 12.2 Å². The molecule has 2 aliphatic rings. The molecule has 70 valence electrons. The molecule has 0 aromatic rings. The standard InChI is InChI=1S/C11H14O2/c1-6-8-3-4-9(10(8)5-12)7(2)11(6)13/h3-10H,1-2H3. The van der Waals surface area contributed by atoms with Crippen molar-refractivity contribution in [3.8, 4) is 0 Å². The van der Waals surface area contributed by atoms with Crippen LogP contribution in [-0.4, -0.2) is 12.1 Å². The van der Waals surface area contributed by atoms with Crippen LogP contribution in [0.3, 0.4) is 0 Å². The fraction of sp³-hybridized carbons (Fsp3) is 0.636. The summed E-state index contributed by atoms with van der Waals surface area (Å²) in [5.74, 6) is 0.776. The topological polar surface area (TPSA) is 34.1 Å². The zero-order chi connectivity index (χ0) is 9.59. The Labute approximate surface area is 78.0 Å². The van der Waals surface area contributed by atoms with Crippen molar-refractivity contribution in [2.75, 3.05) is 0 Å². The van der Waals surface area contributed by atoms with Gasteiger partial charge in [0.25, 0.3) is 0 Å². The van der Waals surface area contributed by atoms with Gasteiger partial charge in [-0.25, -0.2) is 0 Å². The summed E-state index contributed by atoms with van der Waals surface area (Å²) in [5, 5.41) is 0. The Bertz CT molecular complexity index is 258. The van der Waals surface area contributed by atoms with Crippen molar-refractivity contribution in [3.05, 3.63) is 12.2 Å². The molecule has 2 heteroatoms. The summed E-state index contributed by atoms with van der Waals surface area (Å²) in [7, 11) is 0. The molecular formula is C11H14O2. The van der Waals surface area contributed by atoms with Crippen molar-refractivity contribution in [3.63, 3.8) is 0 Å². The van der Waals surface area contributed by atoms with E-state index in [0.29, 0.717) is 5.78 Å². The van der Waals surface area contributed by atoms with Crippen molar-refractivity contribution in [1.82, 2.24) is 0 Å². The summed E-state index contributed by atoms with van der Waals surface area (Å²) >= 11 is 0. The Hall–Kier alpha value is -0.920. The third-order valence-electron chi connectivity index (χ3n) is 3.65. The summed E-state index contributed by atoms with van der Waals surface area (Å²) < 4.78 is 0. The number of allylic oxidation sites excluding steroid dienone is 2. The largest absolute Gasteiger partial charge is 0.303 e. The highest BCUT2D eigenvalue weighted by Crippen LogP contribution is 2.45. The molecule has 2 bridgehead atoms. The lowest BCUT2D eigenvalue weighted by atomic mass is 9.67. The van der Waals surface area contributed by atoms with E-state index in [1.165, 1.54) is 0 Å². The van der Waals surface area contributed by atoms with Gasteiger partial charge in [-0.05, 0) is 11.8 Å². The lowest BCUT2D eigenvalue weighted by molar-refractivity contribution is -0.134. The van der Waals surface area contributed by atoms with Crippen LogP contribution in [0.1, 0.15) is 13.8 Å². The van der Waals surface area contributed by atoms with E-state index in [-0.39, 0.29) is 29.6 Å². The minimum absolute atomic E-state index is 0.0280. The van der Waals surface area contributed by atoms with E-state index in [1.807, 2.05) is 13.8 Å². The monoisotopic (exact) mass is 178 g/mol. The maximum Gasteiger partial charge on any atom is 0.139 e. The first kappa shape index (κ1) is 8.67. The predicted molar refractivity (Wildman–Crippen MR) is 49.0 cm³/mol. The number of fused-ring (bicyclic) bond motifs is 2. The van der Waals surface area contributed by atoms with Crippen molar-refractivity contribution in [1.29, 1.82) is 0 Å². The van der Waals surface area contributed by atoms with Crippen LogP contribution in [0.5, 0.6) is 0 Å². The van der Waals surface area contributed by atoms with Gasteiger partial charge in [0.05, 0.1) is 0 Å². The number of rotatable bonds is 1. The molecule has 0 aliphatic heterocycles. The van der Waals surface area contributed by atoms with Crippen molar-refractivity contribution in [2.45, 2.75) is 13.8 Å². The molecule has 2 rings (SSSR count). The lowest BCUT2D eigenvalue weighted by Gasteiger charge is -2.34. The van der Waals surface area contributed by atoms with Crippen molar-refractivity contribution >= 4 is 12.1 Å². The van der Waals surface area contributed by atoms with Gasteiger partial charge < -0.3 is 4.79 Å². The van der Waals surface area contributed by atoms with Crippen molar-refractivity contribution in [2.24, 2.45) is 29.6 Å². The van der Waals surface area contributed by atoms with E-state index in [9.17, 15) is 9.59 Å². The molecule has 0 aromatic heterocycles. The fourth-order valence-electron chi connectivity index (χ4n) is 2.75. The van der Waals surface area contributed by atoms with E-state index in [1.54, 1.807) is 0 Å². The number of carbonyl (C=O) groups is 2. The second-order valence-electron chi connectivity index (χ2n) is 4.23. The quantitative estimate of drug-likeness (QED) is 0.450. The van der Waals surface area contributed by atoms with Crippen LogP contribution < -0.4 is 0 Å². The molecule has 0 N–H and O–H groups in total. The molecule has 2 aliphatic carbocycles. The molecule has 4 unspecified atom stereocenters. The molecule has 0 saturated heterocycles. The second-order valence-corrected chi connectivity index (χ2v) is 4.23. The lowest BCUT2D eigenvalue weighted by Crippen LogP contribution is -2.40. The molecule has 0 amide bonds. The van der Waals surface area contributed by atoms with Gasteiger partial charge in [-0.3, -0.25) is 4.79 Å². The highest BCUT2D eigenvalue weighted by Gasteiger charge is 2.47. The van der Waals surface area contributed by atoms with E-state index in [2.05, 4.69) is 12.2 Å². The van der Waals surface area contributed by atoms with Gasteiger partial charge in [-0.1, -0.05) is 26.0 Å². The Balaban J connectivity index is 2.36. The average molecular weight is 178 g/mol. The number of aldehydes is 1. The van der Waals surface area contributed by atoms with Crippen LogP contribution in [0, 0.1) is 29.6 Å². The highest BCUT2D eigenvalue weighted by molar-refractivity contribution is 5.87. The Kier molecular flexibility index (Phi) is 1.86. The molecule has 13 heavy (non-hydrogen) atoms. The molecule has 0 aromatic carbocycles. The minimum Gasteiger partial charge on any atom is -0.303 e. The van der Waals surface area contributed by atoms with Crippen molar-refractivity contribution < 1.29 is 9.59 Å². The number of hydrogen-bond donors (Lipinski definition) is 0. The van der Waals surface area contributed by atoms with Gasteiger partial charge in [0.15, 0.2) is 0 Å². The Morgan fingerprint density at radius 1 is 1.15 bits per heavy atom. The molecule has 4 atom stereocenters. The Morgan fingerprint density at radius 3 is 2.00 bits per heavy atom. The third kappa shape index (κ3) is 1.01. The van der Waals surface area contributed by atoms with Crippen LogP contribution in [-0.2, 0) is 9.59 Å². The first-order chi connectivity index (χ1) is 6.16. The summed E-state index contributed by atoms with van der Waals surface area (Å²) in [5.41, 5.74) is 0. The van der Waals surface area contributed by atoms with E-state index in [0.717, 1.165) is 6.29 Å². The Morgan fingerprint density at radius 2 is 1.62 bits per heavy atom. The van der Waals surface area contributed by atoms with Crippen LogP contribution >= 0.6 is 0 Å². The number of hydrogen-bond acceptors (Lipinski definition) is 2. The van der Waals surface area contributed by atoms with Gasteiger partial charge >= 0.3 is 0 Å². The maximum absolute atomic E-state index is 11.7. The van der Waals surface area contributed by atoms with Gasteiger partial charge in [-0.2, -0.15) is 0 Å². The molecule has 0 spiro atoms.